The van der Waals surface area contributed by atoms with Gasteiger partial charge in [0.15, 0.2) is 0 Å². The zero-order valence-electron chi connectivity index (χ0n) is 25.8. The number of carbonyl (C=O) groups excluding carboxylic acids is 2. The number of amides is 2. The van der Waals surface area contributed by atoms with Crippen LogP contribution < -0.4 is 15.0 Å². The van der Waals surface area contributed by atoms with Crippen LogP contribution in [-0.4, -0.2) is 28.4 Å². The Morgan fingerprint density at radius 3 is 2.09 bits per heavy atom. The van der Waals surface area contributed by atoms with Gasteiger partial charge in [-0.2, -0.15) is 13.2 Å². The molecule has 0 aliphatic carbocycles. The van der Waals surface area contributed by atoms with Gasteiger partial charge in [0.1, 0.15) is 17.0 Å². The highest BCUT2D eigenvalue weighted by Gasteiger charge is 2.68. The summed E-state index contributed by atoms with van der Waals surface area (Å²) in [7, 11) is 0. The standard InChI is InChI=1S/C37H33F3N2O5/c1-3-23-13-8-14-24(4-2)32(23)42-33(43)29-30(34(42)44)36(35(45)46,21-22-11-6-5-7-12-22)41-31(29)25-15-9-17-27(19-25)47-28-18-10-16-26(20-28)37(38,39)40/h5-20,29-31,41H,3-4,21H2,1-2H3,(H,45,46). The van der Waals surface area contributed by atoms with Crippen LogP contribution in [0.1, 0.15) is 47.7 Å². The maximum absolute atomic E-state index is 14.5. The van der Waals surface area contributed by atoms with E-state index in [1.165, 1.54) is 17.0 Å². The lowest BCUT2D eigenvalue weighted by molar-refractivity contribution is -0.148. The number of hydrogen-bond acceptors (Lipinski definition) is 5. The Hall–Kier alpha value is -4.96. The number of anilines is 1. The van der Waals surface area contributed by atoms with Gasteiger partial charge in [-0.15, -0.1) is 0 Å². The van der Waals surface area contributed by atoms with Gasteiger partial charge in [-0.1, -0.05) is 80.6 Å². The number of carboxylic acids is 1. The highest BCUT2D eigenvalue weighted by atomic mass is 19.4. The molecule has 0 bridgehead atoms. The van der Waals surface area contributed by atoms with E-state index in [-0.39, 0.29) is 17.9 Å². The van der Waals surface area contributed by atoms with Crippen molar-refractivity contribution in [3.63, 3.8) is 0 Å². The van der Waals surface area contributed by atoms with Gasteiger partial charge in [0.05, 0.1) is 23.1 Å². The fourth-order valence-corrected chi connectivity index (χ4v) is 7.01. The Bertz CT molecular complexity index is 1820. The third kappa shape index (κ3) is 5.67. The minimum atomic E-state index is -4.56. The zero-order chi connectivity index (χ0) is 33.5. The van der Waals surface area contributed by atoms with Gasteiger partial charge in [0.25, 0.3) is 0 Å². The first kappa shape index (κ1) is 32.0. The van der Waals surface area contributed by atoms with Crippen molar-refractivity contribution in [2.45, 2.75) is 50.9 Å². The van der Waals surface area contributed by atoms with E-state index in [4.69, 9.17) is 4.74 Å². The van der Waals surface area contributed by atoms with Gasteiger partial charge < -0.3 is 9.84 Å². The van der Waals surface area contributed by atoms with Crippen molar-refractivity contribution in [1.82, 2.24) is 5.32 Å². The number of rotatable bonds is 9. The molecule has 7 nitrogen and oxygen atoms in total. The van der Waals surface area contributed by atoms with Crippen LogP contribution in [0.15, 0.2) is 97.1 Å². The topological polar surface area (TPSA) is 95.9 Å². The third-order valence-corrected chi connectivity index (χ3v) is 9.16. The molecule has 2 aliphatic rings. The Morgan fingerprint density at radius 1 is 0.851 bits per heavy atom. The largest absolute Gasteiger partial charge is 0.480 e. The molecule has 10 heteroatoms. The number of aliphatic carboxylic acids is 1. The van der Waals surface area contributed by atoms with E-state index in [0.717, 1.165) is 23.3 Å². The molecule has 2 heterocycles. The van der Waals surface area contributed by atoms with Crippen molar-refractivity contribution < 1.29 is 37.4 Å². The van der Waals surface area contributed by atoms with E-state index in [9.17, 15) is 32.7 Å². The number of imide groups is 1. The first-order valence-corrected chi connectivity index (χ1v) is 15.5. The number of ether oxygens (including phenoxy) is 1. The maximum atomic E-state index is 14.5. The number of aryl methyl sites for hydroxylation is 2. The SMILES string of the molecule is CCc1cccc(CC)c1N1C(=O)C2C(c3cccc(Oc4cccc(C(F)(F)F)c4)c3)NC(Cc3ccccc3)(C(=O)O)C2C1=O. The lowest BCUT2D eigenvalue weighted by Gasteiger charge is -2.32. The molecule has 4 atom stereocenters. The normalized spacial score (nSPS) is 22.4. The van der Waals surface area contributed by atoms with Crippen LogP contribution >= 0.6 is 0 Å². The molecule has 2 fully saturated rings. The molecule has 0 radical (unpaired) electrons. The number of carboxylic acid groups (broad SMARTS) is 1. The minimum absolute atomic E-state index is 0.0419. The second-order valence-corrected chi connectivity index (χ2v) is 11.9. The first-order valence-electron chi connectivity index (χ1n) is 15.5. The molecule has 2 N–H and O–H groups in total. The predicted octanol–water partition coefficient (Wildman–Crippen LogP) is 7.14. The van der Waals surface area contributed by atoms with Gasteiger partial charge in [0, 0.05) is 12.5 Å². The lowest BCUT2D eigenvalue weighted by Crippen LogP contribution is -2.57. The number of alkyl halides is 3. The molecule has 47 heavy (non-hydrogen) atoms. The average molecular weight is 643 g/mol. The number of carbonyl (C=O) groups is 3. The molecule has 4 aromatic carbocycles. The monoisotopic (exact) mass is 642 g/mol. The summed E-state index contributed by atoms with van der Waals surface area (Å²) in [5, 5.41) is 14.1. The molecule has 242 valence electrons. The fraction of sp³-hybridized carbons (Fsp3) is 0.270. The van der Waals surface area contributed by atoms with Crippen molar-refractivity contribution in [3.8, 4) is 11.5 Å². The molecule has 2 aliphatic heterocycles. The maximum Gasteiger partial charge on any atom is 0.416 e. The van der Waals surface area contributed by atoms with Crippen LogP contribution in [0.2, 0.25) is 0 Å². The first-order chi connectivity index (χ1) is 22.5. The van der Waals surface area contributed by atoms with E-state index in [0.29, 0.717) is 29.7 Å². The van der Waals surface area contributed by atoms with Crippen molar-refractivity contribution in [2.75, 3.05) is 4.90 Å². The van der Waals surface area contributed by atoms with Crippen LogP contribution in [0.25, 0.3) is 0 Å². The fourth-order valence-electron chi connectivity index (χ4n) is 7.01. The molecule has 0 spiro atoms. The second-order valence-electron chi connectivity index (χ2n) is 11.9. The van der Waals surface area contributed by atoms with Crippen LogP contribution in [0.3, 0.4) is 0 Å². The third-order valence-electron chi connectivity index (χ3n) is 9.16. The molecule has 0 aromatic heterocycles. The van der Waals surface area contributed by atoms with E-state index >= 15 is 0 Å². The highest BCUT2D eigenvalue weighted by Crippen LogP contribution is 2.52. The van der Waals surface area contributed by atoms with E-state index in [1.807, 2.05) is 32.0 Å². The summed E-state index contributed by atoms with van der Waals surface area (Å²) in [6.45, 7) is 3.86. The van der Waals surface area contributed by atoms with Gasteiger partial charge in [-0.3, -0.25) is 19.7 Å². The lowest BCUT2D eigenvalue weighted by atomic mass is 9.76. The summed E-state index contributed by atoms with van der Waals surface area (Å²) in [6.07, 6.45) is -3.51. The predicted molar refractivity (Wildman–Crippen MR) is 169 cm³/mol. The Balaban J connectivity index is 1.46. The highest BCUT2D eigenvalue weighted by molar-refractivity contribution is 6.25. The molecule has 4 unspecified atom stereocenters. The zero-order valence-corrected chi connectivity index (χ0v) is 25.8. The van der Waals surface area contributed by atoms with E-state index in [2.05, 4.69) is 5.32 Å². The minimum Gasteiger partial charge on any atom is -0.480 e. The summed E-state index contributed by atoms with van der Waals surface area (Å²) in [4.78, 5) is 43.6. The van der Waals surface area contributed by atoms with Crippen molar-refractivity contribution in [2.24, 2.45) is 11.8 Å². The quantitative estimate of drug-likeness (QED) is 0.189. The molecule has 6 rings (SSSR count). The van der Waals surface area contributed by atoms with Crippen LogP contribution in [0.5, 0.6) is 11.5 Å². The molecule has 2 amide bonds. The van der Waals surface area contributed by atoms with Crippen molar-refractivity contribution in [1.29, 1.82) is 0 Å². The number of nitrogens with zero attached hydrogens (tertiary/aromatic N) is 1. The summed E-state index contributed by atoms with van der Waals surface area (Å²) >= 11 is 0. The summed E-state index contributed by atoms with van der Waals surface area (Å²) in [5.41, 5.74) is 0.526. The number of para-hydroxylation sites is 1. The van der Waals surface area contributed by atoms with Crippen molar-refractivity contribution >= 4 is 23.5 Å². The molecule has 0 saturated carbocycles. The number of hydrogen-bond donors (Lipinski definition) is 2. The second kappa shape index (κ2) is 12.3. The van der Waals surface area contributed by atoms with Crippen LogP contribution in [0.4, 0.5) is 18.9 Å². The number of fused-ring (bicyclic) bond motifs is 1. The van der Waals surface area contributed by atoms with Crippen LogP contribution in [0, 0.1) is 11.8 Å². The van der Waals surface area contributed by atoms with Gasteiger partial charge >= 0.3 is 12.1 Å². The number of halogens is 3. The van der Waals surface area contributed by atoms with E-state index < -0.39 is 52.9 Å². The molecular formula is C37H33F3N2O5. The summed E-state index contributed by atoms with van der Waals surface area (Å²) in [5.74, 6) is -4.54. The molecular weight excluding hydrogens is 609 g/mol. The number of nitrogens with one attached hydrogen (secondary N) is 1. The van der Waals surface area contributed by atoms with Crippen molar-refractivity contribution in [3.05, 3.63) is 125 Å². The van der Waals surface area contributed by atoms with Gasteiger partial charge in [-0.25, -0.2) is 4.90 Å². The average Bonchev–Trinajstić information content (AvgIpc) is 3.54. The van der Waals surface area contributed by atoms with Gasteiger partial charge in [0.2, 0.25) is 11.8 Å². The smallest absolute Gasteiger partial charge is 0.416 e. The molecule has 2 saturated heterocycles. The Morgan fingerprint density at radius 2 is 1.47 bits per heavy atom. The molecule has 4 aromatic rings. The Kier molecular flexibility index (Phi) is 8.40. The summed E-state index contributed by atoms with van der Waals surface area (Å²) < 4.78 is 45.8. The van der Waals surface area contributed by atoms with Gasteiger partial charge in [-0.05, 0) is 65.4 Å². The van der Waals surface area contributed by atoms with E-state index in [1.54, 1.807) is 54.6 Å². The Labute approximate surface area is 270 Å². The summed E-state index contributed by atoms with van der Waals surface area (Å²) in [6, 6.07) is 24.5. The number of benzene rings is 4. The van der Waals surface area contributed by atoms with Crippen LogP contribution in [-0.2, 0) is 39.8 Å².